The van der Waals surface area contributed by atoms with E-state index in [-0.39, 0.29) is 5.92 Å². The van der Waals surface area contributed by atoms with Gasteiger partial charge in [-0.2, -0.15) is 3.92 Å². The number of hydrogen-bond donors (Lipinski definition) is 1. The van der Waals surface area contributed by atoms with Gasteiger partial charge in [-0.25, -0.2) is 0 Å². The lowest BCUT2D eigenvalue weighted by molar-refractivity contribution is -0.426. The molecule has 0 aromatic rings. The predicted molar refractivity (Wildman–Crippen MR) is 33.4 cm³/mol. The summed E-state index contributed by atoms with van der Waals surface area (Å²) >= 11 is 2.40. The van der Waals surface area contributed by atoms with Gasteiger partial charge in [-0.05, 0) is 12.8 Å². The smallest absolute Gasteiger partial charge is 0.306 e. The summed E-state index contributed by atoms with van der Waals surface area (Å²) < 4.78 is 0.716. The van der Waals surface area contributed by atoms with Gasteiger partial charge in [0, 0.05) is 0 Å². The zero-order valence-electron chi connectivity index (χ0n) is 5.72. The van der Waals surface area contributed by atoms with Gasteiger partial charge in [0.1, 0.15) is 0 Å². The standard InChI is InChI=1S/C7H11IO2/c8-6-3-1-5(2-4-6)7(9)10/h5-6H,1-4H2,(H,9,10)/q-1. The molecule has 1 aliphatic rings. The Hall–Kier alpha value is 0.200. The van der Waals surface area contributed by atoms with Gasteiger partial charge in [-0.1, -0.05) is 12.8 Å². The van der Waals surface area contributed by atoms with Crippen LogP contribution in [0.3, 0.4) is 0 Å². The van der Waals surface area contributed by atoms with Crippen LogP contribution in [0.15, 0.2) is 0 Å². The fraction of sp³-hybridized carbons (Fsp3) is 0.857. The summed E-state index contributed by atoms with van der Waals surface area (Å²) in [4.78, 5) is 10.5. The average Bonchev–Trinajstić information content (AvgIpc) is 1.88. The lowest BCUT2D eigenvalue weighted by Crippen LogP contribution is -3.39. The lowest BCUT2D eigenvalue weighted by atomic mass is 9.89. The number of halogens is 1. The highest BCUT2D eigenvalue weighted by Gasteiger charge is 2.20. The Balaban J connectivity index is 2.33. The molecule has 59 valence electrons. The molecule has 0 aromatic carbocycles. The van der Waals surface area contributed by atoms with Crippen LogP contribution in [-0.2, 0) is 4.79 Å². The van der Waals surface area contributed by atoms with Crippen LogP contribution in [0.25, 0.3) is 0 Å². The van der Waals surface area contributed by atoms with Crippen molar-refractivity contribution < 1.29 is 32.5 Å². The minimum Gasteiger partial charge on any atom is -0.793 e. The molecule has 10 heavy (non-hydrogen) atoms. The summed E-state index contributed by atoms with van der Waals surface area (Å²) in [5.74, 6) is -0.658. The van der Waals surface area contributed by atoms with Crippen molar-refractivity contribution in [1.29, 1.82) is 0 Å². The zero-order valence-corrected chi connectivity index (χ0v) is 7.87. The first-order valence-electron chi connectivity index (χ1n) is 3.57. The number of hydrogen-bond acceptors (Lipinski definition) is 1. The molecular formula is C7H11IO2-. The molecule has 1 N–H and O–H groups in total. The van der Waals surface area contributed by atoms with Gasteiger partial charge in [-0.15, -0.1) is 0 Å². The van der Waals surface area contributed by atoms with Crippen LogP contribution in [-0.4, -0.2) is 15.0 Å². The Kier molecular flexibility index (Phi) is 2.95. The lowest BCUT2D eigenvalue weighted by Gasteiger charge is -2.30. The second kappa shape index (κ2) is 3.55. The summed E-state index contributed by atoms with van der Waals surface area (Å²) in [5.41, 5.74) is 0. The van der Waals surface area contributed by atoms with Crippen molar-refractivity contribution >= 4 is 5.97 Å². The third-order valence-electron chi connectivity index (χ3n) is 2.01. The van der Waals surface area contributed by atoms with Crippen LogP contribution in [0.5, 0.6) is 0 Å². The van der Waals surface area contributed by atoms with Crippen molar-refractivity contribution in [2.75, 3.05) is 0 Å². The van der Waals surface area contributed by atoms with Crippen molar-refractivity contribution in [2.45, 2.75) is 29.6 Å². The Morgan fingerprint density at radius 3 is 2.20 bits per heavy atom. The maximum absolute atomic E-state index is 10.5. The Labute approximate surface area is 74.1 Å². The van der Waals surface area contributed by atoms with Gasteiger partial charge in [0.25, 0.3) is 0 Å². The third kappa shape index (κ3) is 2.11. The summed E-state index contributed by atoms with van der Waals surface area (Å²) in [5, 5.41) is 8.62. The third-order valence-corrected chi connectivity index (χ3v) is 3.25. The van der Waals surface area contributed by atoms with E-state index >= 15 is 0 Å². The molecule has 0 atom stereocenters. The van der Waals surface area contributed by atoms with E-state index in [1.54, 1.807) is 0 Å². The van der Waals surface area contributed by atoms with E-state index < -0.39 is 5.97 Å². The molecule has 0 saturated heterocycles. The van der Waals surface area contributed by atoms with Crippen molar-refractivity contribution in [1.82, 2.24) is 0 Å². The summed E-state index contributed by atoms with van der Waals surface area (Å²) in [6.07, 6.45) is 3.92. The number of aliphatic carboxylic acids is 1. The molecular weight excluding hydrogens is 243 g/mol. The zero-order chi connectivity index (χ0) is 7.56. The molecule has 1 saturated carbocycles. The molecule has 1 fully saturated rings. The number of rotatable bonds is 1. The van der Waals surface area contributed by atoms with Crippen LogP contribution in [0.4, 0.5) is 0 Å². The van der Waals surface area contributed by atoms with Gasteiger partial charge in [0.15, 0.2) is 0 Å². The van der Waals surface area contributed by atoms with Crippen LogP contribution in [0.2, 0.25) is 0 Å². The Morgan fingerprint density at radius 1 is 1.30 bits per heavy atom. The molecule has 1 radical (unpaired) electrons. The van der Waals surface area contributed by atoms with Crippen LogP contribution >= 0.6 is 0 Å². The molecule has 0 heterocycles. The summed E-state index contributed by atoms with van der Waals surface area (Å²) in [6, 6.07) is 0. The highest BCUT2D eigenvalue weighted by atomic mass is 127. The van der Waals surface area contributed by atoms with Crippen molar-refractivity contribution in [2.24, 2.45) is 5.92 Å². The molecule has 0 aromatic heterocycles. The topological polar surface area (TPSA) is 37.3 Å². The minimum absolute atomic E-state index is 0.0500. The van der Waals surface area contributed by atoms with Gasteiger partial charge in [-0.3, -0.25) is 4.79 Å². The number of carboxylic acid groups (broad SMARTS) is 1. The molecule has 1 rings (SSSR count). The maximum Gasteiger partial charge on any atom is 0.306 e. The molecule has 0 bridgehead atoms. The van der Waals surface area contributed by atoms with Crippen molar-refractivity contribution in [3.05, 3.63) is 0 Å². The van der Waals surface area contributed by atoms with E-state index in [9.17, 15) is 4.79 Å². The average molecular weight is 254 g/mol. The summed E-state index contributed by atoms with van der Waals surface area (Å²) in [6.45, 7) is 0. The molecule has 0 aliphatic heterocycles. The van der Waals surface area contributed by atoms with E-state index in [0.717, 1.165) is 25.7 Å². The van der Waals surface area contributed by atoms with Gasteiger partial charge in [0.05, 0.1) is 5.92 Å². The largest absolute Gasteiger partial charge is 0.793 e. The summed E-state index contributed by atoms with van der Waals surface area (Å²) in [7, 11) is 0. The highest BCUT2D eigenvalue weighted by Crippen LogP contribution is 2.21. The number of carbonyl (C=O) groups is 1. The van der Waals surface area contributed by atoms with Gasteiger partial charge < -0.3 is 27.7 Å². The first-order valence-corrected chi connectivity index (χ1v) is 4.81. The molecule has 1 aliphatic carbocycles. The molecule has 2 nitrogen and oxygen atoms in total. The molecule has 0 unspecified atom stereocenters. The van der Waals surface area contributed by atoms with E-state index in [2.05, 4.69) is 22.6 Å². The van der Waals surface area contributed by atoms with Crippen LogP contribution in [0, 0.1) is 5.92 Å². The quantitative estimate of drug-likeness (QED) is 0.442. The molecule has 0 spiro atoms. The van der Waals surface area contributed by atoms with Crippen molar-refractivity contribution in [3.8, 4) is 0 Å². The van der Waals surface area contributed by atoms with E-state index in [4.69, 9.17) is 5.11 Å². The van der Waals surface area contributed by atoms with Crippen LogP contribution in [0.1, 0.15) is 25.7 Å². The van der Waals surface area contributed by atoms with Gasteiger partial charge in [0.2, 0.25) is 0 Å². The SMILES string of the molecule is O=C(O)C1CCC([I-])CC1. The second-order valence-corrected chi connectivity index (χ2v) is 4.55. The van der Waals surface area contributed by atoms with Crippen molar-refractivity contribution in [3.63, 3.8) is 0 Å². The Morgan fingerprint density at radius 2 is 1.80 bits per heavy atom. The Bertz CT molecular complexity index is 128. The predicted octanol–water partition coefficient (Wildman–Crippen LogP) is -1.82. The van der Waals surface area contributed by atoms with Crippen LogP contribution < -0.4 is 22.6 Å². The van der Waals surface area contributed by atoms with Gasteiger partial charge >= 0.3 is 5.97 Å². The number of carboxylic acids is 1. The molecule has 0 amide bonds. The fourth-order valence-electron chi connectivity index (χ4n) is 1.30. The minimum atomic E-state index is -0.608. The molecule has 3 heteroatoms. The normalized spacial score (nSPS) is 33.7. The highest BCUT2D eigenvalue weighted by molar-refractivity contribution is 5.69. The maximum atomic E-state index is 10.5. The first-order chi connectivity index (χ1) is 4.70. The number of alkyl halides is 1. The fourth-order valence-corrected chi connectivity index (χ4v) is 2.02. The first kappa shape index (κ1) is 8.30. The second-order valence-electron chi connectivity index (χ2n) is 2.79. The monoisotopic (exact) mass is 254 g/mol. The van der Waals surface area contributed by atoms with E-state index in [0.29, 0.717) is 3.92 Å². The van der Waals surface area contributed by atoms with E-state index in [1.165, 1.54) is 0 Å². The van der Waals surface area contributed by atoms with E-state index in [1.807, 2.05) is 0 Å².